The fourth-order valence-corrected chi connectivity index (χ4v) is 3.77. The molecule has 0 radical (unpaired) electrons. The van der Waals surface area contributed by atoms with Gasteiger partial charge in [0.2, 0.25) is 0 Å². The van der Waals surface area contributed by atoms with Gasteiger partial charge in [-0.15, -0.1) is 11.3 Å². The van der Waals surface area contributed by atoms with Crippen LogP contribution in [0, 0.1) is 6.92 Å². The van der Waals surface area contributed by atoms with Crippen LogP contribution in [0.3, 0.4) is 0 Å². The van der Waals surface area contributed by atoms with Crippen LogP contribution in [0.4, 0.5) is 0 Å². The predicted octanol–water partition coefficient (Wildman–Crippen LogP) is 4.28. The molecule has 1 aromatic rings. The van der Waals surface area contributed by atoms with Gasteiger partial charge in [0, 0.05) is 14.2 Å². The molecule has 3 heteroatoms. The highest BCUT2D eigenvalue weighted by molar-refractivity contribution is 14.1. The Labute approximate surface area is 109 Å². The van der Waals surface area contributed by atoms with Crippen molar-refractivity contribution < 1.29 is 4.74 Å². The van der Waals surface area contributed by atoms with Crippen LogP contribution in [0.5, 0.6) is 0 Å². The third-order valence-corrected chi connectivity index (χ3v) is 5.27. The fourth-order valence-electron chi connectivity index (χ4n) is 2.16. The van der Waals surface area contributed by atoms with Crippen LogP contribution in [0.1, 0.15) is 35.9 Å². The summed E-state index contributed by atoms with van der Waals surface area (Å²) < 4.78 is 7.33. The second kappa shape index (κ2) is 4.72. The maximum atomic E-state index is 6.23. The van der Waals surface area contributed by atoms with E-state index >= 15 is 0 Å². The van der Waals surface area contributed by atoms with Gasteiger partial charge in [-0.1, -0.05) is 22.6 Å². The third-order valence-electron chi connectivity index (χ3n) is 3.04. The predicted molar refractivity (Wildman–Crippen MR) is 74.0 cm³/mol. The van der Waals surface area contributed by atoms with Gasteiger partial charge in [-0.2, -0.15) is 0 Å². The molecule has 1 nitrogen and oxygen atoms in total. The van der Waals surface area contributed by atoms with Crippen molar-refractivity contribution in [2.75, 3.05) is 4.43 Å². The highest BCUT2D eigenvalue weighted by Crippen LogP contribution is 2.40. The van der Waals surface area contributed by atoms with Crippen LogP contribution in [0.15, 0.2) is 12.1 Å². The summed E-state index contributed by atoms with van der Waals surface area (Å²) in [6, 6.07) is 4.43. The van der Waals surface area contributed by atoms with E-state index in [-0.39, 0.29) is 5.60 Å². The van der Waals surface area contributed by atoms with E-state index in [1.165, 1.54) is 29.0 Å². The Kier molecular flexibility index (Phi) is 3.73. The Morgan fingerprint density at radius 1 is 1.60 bits per heavy atom. The Hall–Kier alpha value is 0.390. The summed E-state index contributed by atoms with van der Waals surface area (Å²) >= 11 is 4.30. The second-order valence-electron chi connectivity index (χ2n) is 4.43. The molecule has 1 aromatic heterocycles. The van der Waals surface area contributed by atoms with Crippen LogP contribution in [0.2, 0.25) is 0 Å². The highest BCUT2D eigenvalue weighted by Gasteiger charge is 2.35. The summed E-state index contributed by atoms with van der Waals surface area (Å²) in [7, 11) is 0. The zero-order valence-corrected chi connectivity index (χ0v) is 12.2. The van der Waals surface area contributed by atoms with Crippen molar-refractivity contribution in [1.82, 2.24) is 0 Å². The number of alkyl halides is 1. The van der Waals surface area contributed by atoms with Gasteiger partial charge in [-0.3, -0.25) is 0 Å². The molecule has 84 valence electrons. The molecular formula is C12H17IOS. The largest absolute Gasteiger partial charge is 0.366 e. The molecule has 2 unspecified atom stereocenters. The molecule has 1 saturated heterocycles. The summed E-state index contributed by atoms with van der Waals surface area (Å²) in [5.41, 5.74) is -0.0208. The average Bonchev–Trinajstić information content (AvgIpc) is 2.65. The van der Waals surface area contributed by atoms with Crippen LogP contribution < -0.4 is 0 Å². The molecule has 2 atom stereocenters. The van der Waals surface area contributed by atoms with Gasteiger partial charge < -0.3 is 4.74 Å². The monoisotopic (exact) mass is 336 g/mol. The number of halogens is 1. The molecule has 0 bridgehead atoms. The lowest BCUT2D eigenvalue weighted by atomic mass is 9.92. The lowest BCUT2D eigenvalue weighted by molar-refractivity contribution is -0.110. The third kappa shape index (κ3) is 2.56. The maximum Gasteiger partial charge on any atom is 0.0998 e. The zero-order valence-electron chi connectivity index (χ0n) is 9.25. The van der Waals surface area contributed by atoms with Crippen molar-refractivity contribution in [2.45, 2.75) is 44.8 Å². The first-order valence-corrected chi connectivity index (χ1v) is 7.79. The van der Waals surface area contributed by atoms with Crippen molar-refractivity contribution in [3.8, 4) is 0 Å². The van der Waals surface area contributed by atoms with E-state index in [1.807, 2.05) is 11.3 Å². The topological polar surface area (TPSA) is 9.23 Å². The number of hydrogen-bond donors (Lipinski definition) is 0. The molecule has 0 N–H and O–H groups in total. The van der Waals surface area contributed by atoms with Crippen molar-refractivity contribution in [3.05, 3.63) is 21.9 Å². The SMILES string of the molecule is Cc1ccc(C2(C)CCCC(CI)O2)s1. The van der Waals surface area contributed by atoms with Gasteiger partial charge >= 0.3 is 0 Å². The number of rotatable bonds is 2. The van der Waals surface area contributed by atoms with E-state index in [0.29, 0.717) is 6.10 Å². The summed E-state index contributed by atoms with van der Waals surface area (Å²) in [5.74, 6) is 0. The second-order valence-corrected chi connectivity index (χ2v) is 6.60. The molecule has 0 spiro atoms. The smallest absolute Gasteiger partial charge is 0.0998 e. The van der Waals surface area contributed by atoms with Gasteiger partial charge in [0.15, 0.2) is 0 Å². The molecule has 0 aromatic carbocycles. The summed E-state index contributed by atoms with van der Waals surface area (Å²) in [6.07, 6.45) is 4.14. The first-order chi connectivity index (χ1) is 7.14. The maximum absolute atomic E-state index is 6.23. The van der Waals surface area contributed by atoms with Gasteiger partial charge in [0.1, 0.15) is 0 Å². The molecule has 1 aliphatic rings. The standard InChI is InChI=1S/C12H17IOS/c1-9-5-6-11(15-9)12(2)7-3-4-10(8-13)14-12/h5-6,10H,3-4,7-8H2,1-2H3. The Bertz CT molecular complexity index is 336. The van der Waals surface area contributed by atoms with Crippen molar-refractivity contribution in [3.63, 3.8) is 0 Å². The van der Waals surface area contributed by atoms with E-state index in [0.717, 1.165) is 4.43 Å². The average molecular weight is 336 g/mol. The minimum atomic E-state index is -0.0208. The number of thiophene rings is 1. The van der Waals surface area contributed by atoms with Crippen LogP contribution in [-0.4, -0.2) is 10.5 Å². The molecule has 1 fully saturated rings. The van der Waals surface area contributed by atoms with Crippen molar-refractivity contribution in [2.24, 2.45) is 0 Å². The van der Waals surface area contributed by atoms with Gasteiger partial charge in [0.05, 0.1) is 11.7 Å². The normalized spacial score (nSPS) is 31.8. The molecule has 15 heavy (non-hydrogen) atoms. The van der Waals surface area contributed by atoms with E-state index in [4.69, 9.17) is 4.74 Å². The van der Waals surface area contributed by atoms with Gasteiger partial charge in [-0.05, 0) is 45.2 Å². The highest BCUT2D eigenvalue weighted by atomic mass is 127. The van der Waals surface area contributed by atoms with Crippen LogP contribution >= 0.6 is 33.9 Å². The molecule has 2 heterocycles. The summed E-state index contributed by atoms with van der Waals surface area (Å²) in [5, 5.41) is 0. The van der Waals surface area contributed by atoms with Gasteiger partial charge in [0.25, 0.3) is 0 Å². The lowest BCUT2D eigenvalue weighted by Gasteiger charge is -2.37. The number of ether oxygens (including phenoxy) is 1. The van der Waals surface area contributed by atoms with E-state index in [1.54, 1.807) is 0 Å². The van der Waals surface area contributed by atoms with E-state index in [2.05, 4.69) is 48.6 Å². The fraction of sp³-hybridized carbons (Fsp3) is 0.667. The van der Waals surface area contributed by atoms with Crippen LogP contribution in [0.25, 0.3) is 0 Å². The number of hydrogen-bond acceptors (Lipinski definition) is 2. The molecule has 0 amide bonds. The Morgan fingerprint density at radius 2 is 2.40 bits per heavy atom. The minimum absolute atomic E-state index is 0.0208. The summed E-state index contributed by atoms with van der Waals surface area (Å²) in [4.78, 5) is 2.78. The first-order valence-electron chi connectivity index (χ1n) is 5.45. The van der Waals surface area contributed by atoms with Crippen molar-refractivity contribution >= 4 is 33.9 Å². The van der Waals surface area contributed by atoms with Crippen LogP contribution in [-0.2, 0) is 10.3 Å². The molecular weight excluding hydrogens is 319 g/mol. The lowest BCUT2D eigenvalue weighted by Crippen LogP contribution is -2.35. The molecule has 0 aliphatic carbocycles. The minimum Gasteiger partial charge on any atom is -0.366 e. The zero-order chi connectivity index (χ0) is 10.9. The summed E-state index contributed by atoms with van der Waals surface area (Å²) in [6.45, 7) is 4.41. The molecule has 0 saturated carbocycles. The number of aryl methyl sites for hydroxylation is 1. The Balaban J connectivity index is 2.18. The van der Waals surface area contributed by atoms with Gasteiger partial charge in [-0.25, -0.2) is 0 Å². The quantitative estimate of drug-likeness (QED) is 0.579. The van der Waals surface area contributed by atoms with E-state index in [9.17, 15) is 0 Å². The molecule has 2 rings (SSSR count). The van der Waals surface area contributed by atoms with Crippen molar-refractivity contribution in [1.29, 1.82) is 0 Å². The Morgan fingerprint density at radius 3 is 3.00 bits per heavy atom. The first kappa shape index (κ1) is 11.9. The molecule has 1 aliphatic heterocycles. The van der Waals surface area contributed by atoms with E-state index < -0.39 is 0 Å².